The molecule has 2 aliphatic rings. The van der Waals surface area contributed by atoms with Gasteiger partial charge in [0.15, 0.2) is 0 Å². The van der Waals surface area contributed by atoms with E-state index in [1.165, 1.54) is 6.42 Å². The number of ether oxygens (including phenoxy) is 3. The Morgan fingerprint density at radius 1 is 1.03 bits per heavy atom. The molecule has 4 rings (SSSR count). The van der Waals surface area contributed by atoms with Crippen molar-refractivity contribution in [1.82, 2.24) is 0 Å². The number of carbonyl (C=O) groups is 1. The predicted octanol–water partition coefficient (Wildman–Crippen LogP) is 6.20. The highest BCUT2D eigenvalue weighted by molar-refractivity contribution is 5.89. The van der Waals surface area contributed by atoms with Gasteiger partial charge in [0.05, 0.1) is 17.9 Å². The van der Waals surface area contributed by atoms with Crippen LogP contribution in [0.5, 0.6) is 0 Å². The van der Waals surface area contributed by atoms with E-state index < -0.39 is 5.79 Å². The van der Waals surface area contributed by atoms with Gasteiger partial charge in [0.2, 0.25) is 0 Å². The third-order valence-electron chi connectivity index (χ3n) is 5.39. The van der Waals surface area contributed by atoms with Crippen LogP contribution in [0, 0.1) is 0 Å². The number of rotatable bonds is 5. The maximum absolute atomic E-state index is 11.8. The van der Waals surface area contributed by atoms with Gasteiger partial charge in [-0.1, -0.05) is 36.8 Å². The fourth-order valence-corrected chi connectivity index (χ4v) is 3.84. The molecular weight excluding hydrogens is 390 g/mol. The van der Waals surface area contributed by atoms with Gasteiger partial charge in [0.1, 0.15) is 11.5 Å². The summed E-state index contributed by atoms with van der Waals surface area (Å²) in [5.74, 6) is 0.636. The Morgan fingerprint density at radius 2 is 1.77 bits per heavy atom. The number of nitrogens with zero attached hydrogens (tertiary/aromatic N) is 1. The Labute approximate surface area is 183 Å². The van der Waals surface area contributed by atoms with Crippen LogP contribution in [-0.4, -0.2) is 24.6 Å². The Hall–Kier alpha value is -3.34. The van der Waals surface area contributed by atoms with Gasteiger partial charge in [-0.25, -0.2) is 4.79 Å². The van der Waals surface area contributed by atoms with Crippen LogP contribution >= 0.6 is 0 Å². The Kier molecular flexibility index (Phi) is 6.51. The fraction of sp³-hybridized carbons (Fsp3) is 0.308. The Balaban J connectivity index is 1.54. The fourth-order valence-electron chi connectivity index (χ4n) is 3.84. The lowest BCUT2D eigenvalue weighted by Gasteiger charge is -2.41. The maximum atomic E-state index is 11.8. The molecule has 0 amide bonds. The monoisotopic (exact) mass is 417 g/mol. The molecule has 0 radical (unpaired) electrons. The van der Waals surface area contributed by atoms with E-state index in [1.807, 2.05) is 42.5 Å². The molecular formula is C26H27NO4. The topological polar surface area (TPSA) is 57.1 Å². The first-order valence-corrected chi connectivity index (χ1v) is 10.8. The van der Waals surface area contributed by atoms with E-state index in [0.29, 0.717) is 12.2 Å². The van der Waals surface area contributed by atoms with Gasteiger partial charge in [-0.15, -0.1) is 0 Å². The van der Waals surface area contributed by atoms with Gasteiger partial charge in [0, 0.05) is 30.7 Å². The standard InChI is InChI=1S/C26H27NO4/c1-2-29-25(28)21-11-13-22(14-12-21)27-18-15-23-19-24(20-9-5-3-6-10-20)31-26(30-23)16-7-4-8-17-26/h3,5-6,9-15,18-19H,2,4,7-8,16-17H2,1H3. The molecule has 0 atom stereocenters. The molecule has 1 heterocycles. The van der Waals surface area contributed by atoms with Crippen molar-refractivity contribution in [2.45, 2.75) is 44.8 Å². The number of esters is 1. The average molecular weight is 418 g/mol. The summed E-state index contributed by atoms with van der Waals surface area (Å²) < 4.78 is 17.7. The van der Waals surface area contributed by atoms with E-state index in [2.05, 4.69) is 4.99 Å². The number of hydrogen-bond donors (Lipinski definition) is 0. The van der Waals surface area contributed by atoms with Gasteiger partial charge in [-0.05, 0) is 50.1 Å². The molecule has 0 aromatic heterocycles. The van der Waals surface area contributed by atoms with Crippen LogP contribution in [-0.2, 0) is 14.2 Å². The van der Waals surface area contributed by atoms with E-state index in [9.17, 15) is 4.79 Å². The summed E-state index contributed by atoms with van der Waals surface area (Å²) in [4.78, 5) is 16.2. The molecule has 160 valence electrons. The van der Waals surface area contributed by atoms with E-state index in [0.717, 1.165) is 48.5 Å². The predicted molar refractivity (Wildman–Crippen MR) is 121 cm³/mol. The second-order valence-corrected chi connectivity index (χ2v) is 7.66. The highest BCUT2D eigenvalue weighted by atomic mass is 16.7. The molecule has 2 aromatic rings. The van der Waals surface area contributed by atoms with Gasteiger partial charge < -0.3 is 14.2 Å². The lowest BCUT2D eigenvalue weighted by molar-refractivity contribution is -0.196. The Bertz CT molecular complexity index is 984. The second kappa shape index (κ2) is 9.65. The molecule has 31 heavy (non-hydrogen) atoms. The minimum absolute atomic E-state index is 0.327. The molecule has 1 aliphatic carbocycles. The van der Waals surface area contributed by atoms with E-state index >= 15 is 0 Å². The third kappa shape index (κ3) is 5.23. The minimum atomic E-state index is -0.598. The van der Waals surface area contributed by atoms with Gasteiger partial charge in [0.25, 0.3) is 5.79 Å². The van der Waals surface area contributed by atoms with Crippen LogP contribution in [0.25, 0.3) is 5.76 Å². The van der Waals surface area contributed by atoms with Crippen molar-refractivity contribution in [2.75, 3.05) is 6.61 Å². The number of allylic oxidation sites excluding steroid dienone is 2. The average Bonchev–Trinajstić information content (AvgIpc) is 2.80. The molecule has 2 aromatic carbocycles. The van der Waals surface area contributed by atoms with Crippen molar-refractivity contribution in [3.8, 4) is 0 Å². The largest absolute Gasteiger partial charge is 0.462 e. The van der Waals surface area contributed by atoms with Crippen LogP contribution in [0.15, 0.2) is 77.5 Å². The first kappa shape index (κ1) is 20.9. The van der Waals surface area contributed by atoms with Crippen LogP contribution in [0.2, 0.25) is 0 Å². The first-order valence-electron chi connectivity index (χ1n) is 10.8. The smallest absolute Gasteiger partial charge is 0.338 e. The molecule has 5 nitrogen and oxygen atoms in total. The number of carbonyl (C=O) groups excluding carboxylic acids is 1. The summed E-state index contributed by atoms with van der Waals surface area (Å²) in [5, 5.41) is 0. The van der Waals surface area contributed by atoms with E-state index in [-0.39, 0.29) is 5.97 Å². The SMILES string of the molecule is CCOC(=O)c1ccc(N=CC=C2C=C(c3ccccc3)OC3(CCCCC3)O2)cc1. The van der Waals surface area contributed by atoms with Crippen LogP contribution in [0.4, 0.5) is 5.69 Å². The molecule has 0 unspecified atom stereocenters. The maximum Gasteiger partial charge on any atom is 0.338 e. The van der Waals surface area contributed by atoms with Crippen molar-refractivity contribution in [3.05, 3.63) is 83.6 Å². The highest BCUT2D eigenvalue weighted by Gasteiger charge is 2.40. The zero-order chi connectivity index (χ0) is 21.5. The Morgan fingerprint density at radius 3 is 2.48 bits per heavy atom. The molecule has 1 fully saturated rings. The molecule has 1 spiro atoms. The quantitative estimate of drug-likeness (QED) is 0.429. The number of benzene rings is 2. The summed E-state index contributed by atoms with van der Waals surface area (Å²) in [6.45, 7) is 2.15. The number of hydrogen-bond acceptors (Lipinski definition) is 5. The second-order valence-electron chi connectivity index (χ2n) is 7.66. The molecule has 0 saturated heterocycles. The summed E-state index contributed by atoms with van der Waals surface area (Å²) in [6, 6.07) is 17.1. The zero-order valence-corrected chi connectivity index (χ0v) is 17.8. The molecule has 5 heteroatoms. The summed E-state index contributed by atoms with van der Waals surface area (Å²) in [6.07, 6.45) is 10.7. The van der Waals surface area contributed by atoms with Gasteiger partial charge >= 0.3 is 5.97 Å². The summed E-state index contributed by atoms with van der Waals surface area (Å²) in [5.41, 5.74) is 2.30. The van der Waals surface area contributed by atoms with Crippen LogP contribution in [0.3, 0.4) is 0 Å². The first-order chi connectivity index (χ1) is 15.2. The van der Waals surface area contributed by atoms with Crippen molar-refractivity contribution in [2.24, 2.45) is 4.99 Å². The van der Waals surface area contributed by atoms with Gasteiger partial charge in [-0.2, -0.15) is 0 Å². The lowest BCUT2D eigenvalue weighted by atomic mass is 9.93. The van der Waals surface area contributed by atoms with Crippen molar-refractivity contribution >= 4 is 23.6 Å². The van der Waals surface area contributed by atoms with Gasteiger partial charge in [-0.3, -0.25) is 4.99 Å². The summed E-state index contributed by atoms with van der Waals surface area (Å²) >= 11 is 0. The third-order valence-corrected chi connectivity index (χ3v) is 5.39. The van der Waals surface area contributed by atoms with Crippen molar-refractivity contribution < 1.29 is 19.0 Å². The van der Waals surface area contributed by atoms with E-state index in [4.69, 9.17) is 14.2 Å². The highest BCUT2D eigenvalue weighted by Crippen LogP contribution is 2.41. The van der Waals surface area contributed by atoms with Crippen LogP contribution < -0.4 is 0 Å². The minimum Gasteiger partial charge on any atom is -0.462 e. The zero-order valence-electron chi connectivity index (χ0n) is 17.8. The number of aliphatic imine (C=N–C) groups is 1. The molecule has 0 N–H and O–H groups in total. The lowest BCUT2D eigenvalue weighted by Crippen LogP contribution is -2.39. The normalized spacial score (nSPS) is 19.0. The van der Waals surface area contributed by atoms with Crippen molar-refractivity contribution in [3.63, 3.8) is 0 Å². The molecule has 1 saturated carbocycles. The molecule has 1 aliphatic heterocycles. The van der Waals surface area contributed by atoms with Crippen molar-refractivity contribution in [1.29, 1.82) is 0 Å². The molecule has 0 bridgehead atoms. The van der Waals surface area contributed by atoms with Crippen LogP contribution in [0.1, 0.15) is 54.9 Å². The van der Waals surface area contributed by atoms with E-state index in [1.54, 1.807) is 37.4 Å². The summed E-state index contributed by atoms with van der Waals surface area (Å²) in [7, 11) is 0.